The molecule has 0 saturated heterocycles. The first-order chi connectivity index (χ1) is 15.4. The molecule has 0 saturated carbocycles. The molecule has 0 aromatic heterocycles. The SMILES string of the molecule is CF.Cc1ccc(OC(=O)c2ccc(/C=C/C(=O)OCc3ccc(N)cc3N)cc2)cc1. The Bertz CT molecular complexity index is 1080. The number of hydrogen-bond acceptors (Lipinski definition) is 6. The summed E-state index contributed by atoms with van der Waals surface area (Å²) < 4.78 is 20.0. The van der Waals surface area contributed by atoms with Crippen LogP contribution in [0.15, 0.2) is 72.8 Å². The van der Waals surface area contributed by atoms with Gasteiger partial charge in [-0.1, -0.05) is 35.9 Å². The molecule has 3 aromatic rings. The van der Waals surface area contributed by atoms with Crippen LogP contribution >= 0.6 is 0 Å². The second kappa shape index (κ2) is 11.9. The fourth-order valence-corrected chi connectivity index (χ4v) is 2.61. The Morgan fingerprint density at radius 1 is 0.938 bits per heavy atom. The minimum atomic E-state index is -0.505. The van der Waals surface area contributed by atoms with Crippen LogP contribution in [0.5, 0.6) is 5.75 Å². The van der Waals surface area contributed by atoms with E-state index in [9.17, 15) is 14.0 Å². The number of esters is 2. The Morgan fingerprint density at radius 2 is 1.59 bits per heavy atom. The number of alkyl halides is 1. The number of hydrogen-bond donors (Lipinski definition) is 2. The van der Waals surface area contributed by atoms with Crippen LogP contribution in [-0.4, -0.2) is 19.1 Å². The lowest BCUT2D eigenvalue weighted by atomic mass is 10.1. The molecule has 7 heteroatoms. The molecule has 4 N–H and O–H groups in total. The van der Waals surface area contributed by atoms with Crippen molar-refractivity contribution in [3.63, 3.8) is 0 Å². The van der Waals surface area contributed by atoms with Gasteiger partial charge in [-0.2, -0.15) is 0 Å². The van der Waals surface area contributed by atoms with E-state index < -0.39 is 11.9 Å². The van der Waals surface area contributed by atoms with Crippen molar-refractivity contribution >= 4 is 29.4 Å². The third kappa shape index (κ3) is 7.28. The van der Waals surface area contributed by atoms with Crippen LogP contribution in [0.1, 0.15) is 27.0 Å². The van der Waals surface area contributed by atoms with Crippen LogP contribution in [0.2, 0.25) is 0 Å². The van der Waals surface area contributed by atoms with Crippen LogP contribution < -0.4 is 16.2 Å². The van der Waals surface area contributed by atoms with Gasteiger partial charge < -0.3 is 20.9 Å². The van der Waals surface area contributed by atoms with Crippen molar-refractivity contribution in [2.45, 2.75) is 13.5 Å². The highest BCUT2D eigenvalue weighted by molar-refractivity contribution is 5.91. The van der Waals surface area contributed by atoms with Crippen molar-refractivity contribution in [3.05, 3.63) is 95.1 Å². The number of halogens is 1. The number of rotatable bonds is 6. The first kappa shape index (κ1) is 24.1. The van der Waals surface area contributed by atoms with Gasteiger partial charge in [0.2, 0.25) is 0 Å². The van der Waals surface area contributed by atoms with Gasteiger partial charge in [0.15, 0.2) is 0 Å². The minimum absolute atomic E-state index is 0.0546. The van der Waals surface area contributed by atoms with Crippen molar-refractivity contribution < 1.29 is 23.5 Å². The summed E-state index contributed by atoms with van der Waals surface area (Å²) in [5, 5.41) is 0. The quantitative estimate of drug-likeness (QED) is 0.251. The van der Waals surface area contributed by atoms with E-state index in [1.807, 2.05) is 19.1 Å². The summed E-state index contributed by atoms with van der Waals surface area (Å²) >= 11 is 0. The number of carbonyl (C=O) groups is 2. The molecule has 3 aromatic carbocycles. The normalized spacial score (nSPS) is 10.2. The Hall–Kier alpha value is -4.13. The van der Waals surface area contributed by atoms with E-state index in [0.29, 0.717) is 35.4 Å². The number of ether oxygens (including phenoxy) is 2. The standard InChI is InChI=1S/C24H22N2O4.CH3F/c1-16-2-11-21(12-3-16)30-24(28)18-7-4-17(5-8-18)6-13-23(27)29-15-19-9-10-20(25)14-22(19)26;1-2/h2-14H,15,25-26H2,1H3;1H3/b13-6+;. The van der Waals surface area contributed by atoms with E-state index in [2.05, 4.69) is 0 Å². The maximum Gasteiger partial charge on any atom is 0.343 e. The Balaban J connectivity index is 0.00000176. The lowest BCUT2D eigenvalue weighted by Gasteiger charge is -2.06. The molecule has 0 bridgehead atoms. The molecular weight excluding hydrogens is 411 g/mol. The molecule has 0 aliphatic rings. The van der Waals surface area contributed by atoms with E-state index in [-0.39, 0.29) is 6.61 Å². The molecule has 0 aliphatic heterocycles. The van der Waals surface area contributed by atoms with Crippen LogP contribution in [0.4, 0.5) is 15.8 Å². The maximum atomic E-state index is 12.2. The van der Waals surface area contributed by atoms with Crippen LogP contribution in [0.3, 0.4) is 0 Å². The summed E-state index contributed by atoms with van der Waals surface area (Å²) in [4.78, 5) is 24.1. The molecule has 0 heterocycles. The average molecular weight is 436 g/mol. The highest BCUT2D eigenvalue weighted by Gasteiger charge is 2.08. The molecule has 0 radical (unpaired) electrons. The van der Waals surface area contributed by atoms with Crippen molar-refractivity contribution in [1.82, 2.24) is 0 Å². The number of nitrogen functional groups attached to an aromatic ring is 2. The van der Waals surface area contributed by atoms with Crippen molar-refractivity contribution in [3.8, 4) is 5.75 Å². The van der Waals surface area contributed by atoms with Gasteiger partial charge in [0, 0.05) is 23.0 Å². The van der Waals surface area contributed by atoms with Gasteiger partial charge in [-0.3, -0.25) is 4.39 Å². The molecule has 0 unspecified atom stereocenters. The summed E-state index contributed by atoms with van der Waals surface area (Å²) in [6.45, 7) is 2.01. The summed E-state index contributed by atoms with van der Waals surface area (Å²) in [6.07, 6.45) is 2.91. The van der Waals surface area contributed by atoms with Crippen LogP contribution in [-0.2, 0) is 16.1 Å². The van der Waals surface area contributed by atoms with Gasteiger partial charge >= 0.3 is 11.9 Å². The first-order valence-electron chi connectivity index (χ1n) is 9.66. The fraction of sp³-hybridized carbons (Fsp3) is 0.120. The van der Waals surface area contributed by atoms with E-state index in [1.54, 1.807) is 60.7 Å². The number of aryl methyl sites for hydroxylation is 1. The second-order valence-electron chi connectivity index (χ2n) is 6.72. The maximum absolute atomic E-state index is 12.2. The van der Waals surface area contributed by atoms with Gasteiger partial charge in [-0.25, -0.2) is 9.59 Å². The second-order valence-corrected chi connectivity index (χ2v) is 6.72. The van der Waals surface area contributed by atoms with Gasteiger partial charge in [0.05, 0.1) is 12.7 Å². The number of nitrogens with two attached hydrogens (primary N) is 2. The zero-order valence-corrected chi connectivity index (χ0v) is 17.9. The van der Waals surface area contributed by atoms with Crippen molar-refractivity contribution in [2.24, 2.45) is 0 Å². The zero-order valence-electron chi connectivity index (χ0n) is 17.9. The molecule has 3 rings (SSSR count). The first-order valence-corrected chi connectivity index (χ1v) is 9.66. The van der Waals surface area contributed by atoms with E-state index in [0.717, 1.165) is 11.1 Å². The van der Waals surface area contributed by atoms with E-state index in [4.69, 9.17) is 20.9 Å². The molecule has 32 heavy (non-hydrogen) atoms. The molecule has 0 atom stereocenters. The van der Waals surface area contributed by atoms with E-state index in [1.165, 1.54) is 6.08 Å². The number of carbonyl (C=O) groups excluding carboxylic acids is 2. The fourth-order valence-electron chi connectivity index (χ4n) is 2.61. The van der Waals surface area contributed by atoms with Crippen molar-refractivity contribution in [2.75, 3.05) is 18.6 Å². The molecule has 0 fully saturated rings. The smallest absolute Gasteiger partial charge is 0.343 e. The zero-order chi connectivity index (χ0) is 23.5. The molecule has 0 amide bonds. The molecule has 6 nitrogen and oxygen atoms in total. The topological polar surface area (TPSA) is 105 Å². The Labute approximate surface area is 186 Å². The lowest BCUT2D eigenvalue weighted by Crippen LogP contribution is -2.08. The lowest BCUT2D eigenvalue weighted by molar-refractivity contribution is -0.138. The van der Waals surface area contributed by atoms with Gasteiger partial charge in [-0.05, 0) is 55.0 Å². The summed E-state index contributed by atoms with van der Waals surface area (Å²) in [5.74, 6) is -0.469. The monoisotopic (exact) mass is 436 g/mol. The predicted molar refractivity (Wildman–Crippen MR) is 124 cm³/mol. The molecule has 0 aliphatic carbocycles. The van der Waals surface area contributed by atoms with Crippen LogP contribution in [0.25, 0.3) is 6.08 Å². The predicted octanol–water partition coefficient (Wildman–Crippen LogP) is 4.72. The van der Waals surface area contributed by atoms with Crippen molar-refractivity contribution in [1.29, 1.82) is 0 Å². The minimum Gasteiger partial charge on any atom is -0.458 e. The van der Waals surface area contributed by atoms with Gasteiger partial charge in [0.1, 0.15) is 12.4 Å². The summed E-state index contributed by atoms with van der Waals surface area (Å²) in [7, 11) is 0.500. The van der Waals surface area contributed by atoms with E-state index >= 15 is 0 Å². The highest BCUT2D eigenvalue weighted by atomic mass is 19.1. The Kier molecular flexibility index (Phi) is 8.98. The molecular formula is C25H25FN2O4. The van der Waals surface area contributed by atoms with Gasteiger partial charge in [0.25, 0.3) is 0 Å². The molecule has 166 valence electrons. The number of benzene rings is 3. The molecule has 0 spiro atoms. The number of anilines is 2. The van der Waals surface area contributed by atoms with Crippen LogP contribution in [0, 0.1) is 6.92 Å². The third-order valence-electron chi connectivity index (χ3n) is 4.33. The average Bonchev–Trinajstić information content (AvgIpc) is 2.80. The Morgan fingerprint density at radius 3 is 2.22 bits per heavy atom. The third-order valence-corrected chi connectivity index (χ3v) is 4.33. The highest BCUT2D eigenvalue weighted by Crippen LogP contribution is 2.17. The largest absolute Gasteiger partial charge is 0.458 e. The summed E-state index contributed by atoms with van der Waals surface area (Å²) in [6, 6.07) is 19.0. The summed E-state index contributed by atoms with van der Waals surface area (Å²) in [5.41, 5.74) is 15.4. The van der Waals surface area contributed by atoms with Gasteiger partial charge in [-0.15, -0.1) is 0 Å².